The minimum Gasteiger partial charge on any atom is -0.258 e. The van der Waals surface area contributed by atoms with Crippen LogP contribution in [-0.2, 0) is 0 Å². The van der Waals surface area contributed by atoms with Gasteiger partial charge in [-0.2, -0.15) is 0 Å². The number of hydrogen-bond donors (Lipinski definition) is 0. The van der Waals surface area contributed by atoms with Crippen LogP contribution in [0, 0.1) is 20.2 Å². The summed E-state index contributed by atoms with van der Waals surface area (Å²) >= 11 is 0.951. The molecule has 1 aromatic heterocycles. The lowest BCUT2D eigenvalue weighted by Crippen LogP contribution is -1.93. The van der Waals surface area contributed by atoms with Crippen LogP contribution in [0.2, 0.25) is 0 Å². The van der Waals surface area contributed by atoms with Gasteiger partial charge >= 0.3 is 5.00 Å². The molecule has 0 saturated heterocycles. The van der Waals surface area contributed by atoms with Crippen LogP contribution in [0.5, 0.6) is 0 Å². The van der Waals surface area contributed by atoms with Crippen molar-refractivity contribution in [2.24, 2.45) is 0 Å². The molecule has 0 radical (unpaired) electrons. The van der Waals surface area contributed by atoms with Gasteiger partial charge in [-0.15, -0.1) is 0 Å². The van der Waals surface area contributed by atoms with Crippen molar-refractivity contribution in [1.29, 1.82) is 0 Å². The molecular formula is C10H6N2O4S. The normalized spacial score (nSPS) is 10.1. The van der Waals surface area contributed by atoms with E-state index in [0.29, 0.717) is 0 Å². The molecule has 1 aromatic carbocycles. The first kappa shape index (κ1) is 11.2. The van der Waals surface area contributed by atoms with Gasteiger partial charge in [-0.05, 0) is 17.5 Å². The maximum Gasteiger partial charge on any atom is 0.332 e. The molecule has 0 spiro atoms. The standard InChI is InChI=1S/C10H6N2O4S/c13-11(14)9-4-2-1-3-7(9)8-5-6-17-10(8)12(15)16/h1-6H. The lowest BCUT2D eigenvalue weighted by Gasteiger charge is -1.99. The van der Waals surface area contributed by atoms with Gasteiger partial charge in [0.25, 0.3) is 5.69 Å². The number of nitrogens with zero attached hydrogens (tertiary/aromatic N) is 2. The summed E-state index contributed by atoms with van der Waals surface area (Å²) in [4.78, 5) is 20.5. The van der Waals surface area contributed by atoms with Crippen LogP contribution in [0.15, 0.2) is 35.7 Å². The molecular weight excluding hydrogens is 244 g/mol. The smallest absolute Gasteiger partial charge is 0.258 e. The third kappa shape index (κ3) is 2.00. The fraction of sp³-hybridized carbons (Fsp3) is 0. The van der Waals surface area contributed by atoms with E-state index in [9.17, 15) is 20.2 Å². The zero-order valence-electron chi connectivity index (χ0n) is 8.40. The maximum atomic E-state index is 10.8. The zero-order chi connectivity index (χ0) is 12.4. The molecule has 0 N–H and O–H groups in total. The second-order valence-corrected chi connectivity index (χ2v) is 4.07. The molecule has 0 aliphatic carbocycles. The average molecular weight is 250 g/mol. The number of thiophene rings is 1. The van der Waals surface area contributed by atoms with Gasteiger partial charge in [-0.3, -0.25) is 20.2 Å². The zero-order valence-corrected chi connectivity index (χ0v) is 9.22. The van der Waals surface area contributed by atoms with Crippen LogP contribution in [0.25, 0.3) is 11.1 Å². The first-order valence-corrected chi connectivity index (χ1v) is 5.45. The summed E-state index contributed by atoms with van der Waals surface area (Å²) in [6.07, 6.45) is 0. The van der Waals surface area contributed by atoms with Gasteiger partial charge in [0, 0.05) is 6.07 Å². The summed E-state index contributed by atoms with van der Waals surface area (Å²) in [5.41, 5.74) is 0.423. The first-order valence-electron chi connectivity index (χ1n) is 4.57. The van der Waals surface area contributed by atoms with Crippen LogP contribution in [0.1, 0.15) is 0 Å². The van der Waals surface area contributed by atoms with E-state index in [4.69, 9.17) is 0 Å². The topological polar surface area (TPSA) is 86.3 Å². The number of nitro groups is 2. The van der Waals surface area contributed by atoms with Crippen LogP contribution in [-0.4, -0.2) is 9.85 Å². The Hall–Kier alpha value is -2.28. The number of hydrogen-bond acceptors (Lipinski definition) is 5. The van der Waals surface area contributed by atoms with E-state index < -0.39 is 9.85 Å². The maximum absolute atomic E-state index is 10.8. The van der Waals surface area contributed by atoms with Gasteiger partial charge in [0.15, 0.2) is 0 Å². The number of benzene rings is 1. The summed E-state index contributed by atoms with van der Waals surface area (Å²) in [6, 6.07) is 7.50. The van der Waals surface area contributed by atoms with Crippen molar-refractivity contribution >= 4 is 22.0 Å². The van der Waals surface area contributed by atoms with Crippen LogP contribution < -0.4 is 0 Å². The summed E-state index contributed by atoms with van der Waals surface area (Å²) < 4.78 is 0. The quantitative estimate of drug-likeness (QED) is 0.618. The average Bonchev–Trinajstić information content (AvgIpc) is 2.77. The molecule has 2 rings (SSSR count). The Morgan fingerprint density at radius 1 is 0.941 bits per heavy atom. The minimum atomic E-state index is -0.545. The van der Waals surface area contributed by atoms with Gasteiger partial charge in [-0.25, -0.2) is 0 Å². The summed E-state index contributed by atoms with van der Waals surface area (Å²) in [6.45, 7) is 0. The summed E-state index contributed by atoms with van der Waals surface area (Å²) in [5.74, 6) is 0. The van der Waals surface area contributed by atoms with E-state index in [-0.39, 0.29) is 21.8 Å². The van der Waals surface area contributed by atoms with Crippen LogP contribution in [0.4, 0.5) is 10.7 Å². The third-order valence-corrected chi connectivity index (χ3v) is 3.07. The van der Waals surface area contributed by atoms with Gasteiger partial charge in [0.05, 0.1) is 21.0 Å². The third-order valence-electron chi connectivity index (χ3n) is 2.20. The summed E-state index contributed by atoms with van der Waals surface area (Å²) in [7, 11) is 0. The Labute approximate surface area is 99.4 Å². The molecule has 0 amide bonds. The van der Waals surface area contributed by atoms with Crippen molar-refractivity contribution < 1.29 is 9.85 Å². The molecule has 1 heterocycles. The highest BCUT2D eigenvalue weighted by Crippen LogP contribution is 2.39. The van der Waals surface area contributed by atoms with E-state index in [1.165, 1.54) is 24.3 Å². The molecule has 0 aliphatic heterocycles. The highest BCUT2D eigenvalue weighted by Gasteiger charge is 2.23. The molecule has 86 valence electrons. The van der Waals surface area contributed by atoms with Crippen molar-refractivity contribution in [2.45, 2.75) is 0 Å². The Bertz CT molecular complexity index is 593. The number of rotatable bonds is 3. The second kappa shape index (κ2) is 4.30. The van der Waals surface area contributed by atoms with Gasteiger partial charge in [0.1, 0.15) is 0 Å². The van der Waals surface area contributed by atoms with Crippen molar-refractivity contribution in [3.63, 3.8) is 0 Å². The molecule has 0 aliphatic rings. The molecule has 7 heteroatoms. The lowest BCUT2D eigenvalue weighted by molar-refractivity contribution is -0.385. The Balaban J connectivity index is 2.64. The molecule has 2 aromatic rings. The van der Waals surface area contributed by atoms with E-state index in [1.807, 2.05) is 0 Å². The van der Waals surface area contributed by atoms with E-state index in [0.717, 1.165) is 11.3 Å². The number of nitro benzene ring substituents is 1. The molecule has 0 unspecified atom stereocenters. The fourth-order valence-corrected chi connectivity index (χ4v) is 2.23. The Morgan fingerprint density at radius 3 is 2.29 bits per heavy atom. The van der Waals surface area contributed by atoms with Crippen molar-refractivity contribution in [1.82, 2.24) is 0 Å². The van der Waals surface area contributed by atoms with Crippen LogP contribution >= 0.6 is 11.3 Å². The van der Waals surface area contributed by atoms with Crippen molar-refractivity contribution in [2.75, 3.05) is 0 Å². The monoisotopic (exact) mass is 250 g/mol. The molecule has 0 fully saturated rings. The number of para-hydroxylation sites is 1. The van der Waals surface area contributed by atoms with Crippen molar-refractivity contribution in [3.05, 3.63) is 55.9 Å². The second-order valence-electron chi connectivity index (χ2n) is 3.17. The Kier molecular flexibility index (Phi) is 2.84. The van der Waals surface area contributed by atoms with Gasteiger partial charge in [-0.1, -0.05) is 23.5 Å². The molecule has 0 saturated carbocycles. The first-order chi connectivity index (χ1) is 8.11. The highest BCUT2D eigenvalue weighted by molar-refractivity contribution is 7.13. The Morgan fingerprint density at radius 2 is 1.65 bits per heavy atom. The van der Waals surface area contributed by atoms with Gasteiger partial charge in [0.2, 0.25) is 0 Å². The SMILES string of the molecule is O=[N+]([O-])c1ccccc1-c1ccsc1[N+](=O)[O-]. The van der Waals surface area contributed by atoms with E-state index in [2.05, 4.69) is 0 Å². The molecule has 6 nitrogen and oxygen atoms in total. The fourth-order valence-electron chi connectivity index (χ4n) is 1.51. The van der Waals surface area contributed by atoms with Gasteiger partial charge < -0.3 is 0 Å². The van der Waals surface area contributed by atoms with E-state index >= 15 is 0 Å². The van der Waals surface area contributed by atoms with E-state index in [1.54, 1.807) is 11.4 Å². The van der Waals surface area contributed by atoms with Crippen LogP contribution in [0.3, 0.4) is 0 Å². The largest absolute Gasteiger partial charge is 0.332 e. The predicted molar refractivity (Wildman–Crippen MR) is 63.1 cm³/mol. The van der Waals surface area contributed by atoms with Crippen molar-refractivity contribution in [3.8, 4) is 11.1 Å². The molecule has 0 atom stereocenters. The minimum absolute atomic E-state index is 0.0840. The summed E-state index contributed by atoms with van der Waals surface area (Å²) in [5, 5.41) is 23.1. The highest BCUT2D eigenvalue weighted by atomic mass is 32.1. The molecule has 0 bridgehead atoms. The lowest BCUT2D eigenvalue weighted by atomic mass is 10.1. The predicted octanol–water partition coefficient (Wildman–Crippen LogP) is 3.23. The molecule has 17 heavy (non-hydrogen) atoms.